The number of Topliss-reactive ketones (excluding diaryl/α,β-unsaturated/α-hetero) is 1. The topological polar surface area (TPSA) is 83.8 Å². The van der Waals surface area contributed by atoms with Crippen LogP contribution in [0.1, 0.15) is 40.0 Å². The minimum absolute atomic E-state index is 0.0526. The molecule has 0 bridgehead atoms. The molecule has 20 heavy (non-hydrogen) atoms. The van der Waals surface area contributed by atoms with Crippen molar-refractivity contribution in [3.63, 3.8) is 0 Å². The maximum Gasteiger partial charge on any atom is 0.309 e. The molecule has 1 aliphatic heterocycles. The molecule has 2 N–H and O–H groups in total. The van der Waals surface area contributed by atoms with Crippen LogP contribution in [0.25, 0.3) is 0 Å². The van der Waals surface area contributed by atoms with E-state index in [9.17, 15) is 19.8 Å². The molecule has 1 saturated heterocycles. The molecule has 1 fully saturated rings. The number of hydrogen-bond acceptors (Lipinski definition) is 5. The molecular formula is C15H20O5. The van der Waals surface area contributed by atoms with E-state index in [1.165, 1.54) is 0 Å². The number of carbonyl (C=O) groups excluding carboxylic acids is 2. The van der Waals surface area contributed by atoms with E-state index >= 15 is 0 Å². The molecule has 0 aromatic rings. The van der Waals surface area contributed by atoms with Gasteiger partial charge in [-0.3, -0.25) is 9.59 Å². The van der Waals surface area contributed by atoms with Gasteiger partial charge in [0.05, 0.1) is 17.1 Å². The zero-order valence-corrected chi connectivity index (χ0v) is 12.0. The van der Waals surface area contributed by atoms with Crippen LogP contribution in [0, 0.1) is 11.8 Å². The molecule has 1 heterocycles. The van der Waals surface area contributed by atoms with Gasteiger partial charge in [-0.2, -0.15) is 0 Å². The monoisotopic (exact) mass is 280 g/mol. The Balaban J connectivity index is 2.19. The lowest BCUT2D eigenvalue weighted by atomic mass is 9.82. The van der Waals surface area contributed by atoms with Crippen molar-refractivity contribution in [3.05, 3.63) is 11.1 Å². The fourth-order valence-corrected chi connectivity index (χ4v) is 3.96. The minimum Gasteiger partial charge on any atom is -0.457 e. The Labute approximate surface area is 117 Å². The van der Waals surface area contributed by atoms with E-state index in [1.54, 1.807) is 20.8 Å². The summed E-state index contributed by atoms with van der Waals surface area (Å²) in [6, 6.07) is 0. The highest BCUT2D eigenvalue weighted by Gasteiger charge is 2.57. The van der Waals surface area contributed by atoms with Crippen LogP contribution in [0.4, 0.5) is 0 Å². The molecule has 3 aliphatic rings. The number of fused-ring (bicyclic) bond motifs is 2. The molecule has 2 aliphatic carbocycles. The number of hydrogen-bond donors (Lipinski definition) is 2. The van der Waals surface area contributed by atoms with E-state index < -0.39 is 17.3 Å². The van der Waals surface area contributed by atoms with Crippen LogP contribution in [-0.2, 0) is 14.3 Å². The van der Waals surface area contributed by atoms with Crippen LogP contribution in [0.5, 0.6) is 0 Å². The van der Waals surface area contributed by atoms with Crippen LogP contribution >= 0.6 is 0 Å². The summed E-state index contributed by atoms with van der Waals surface area (Å²) in [5.74, 6) is -0.886. The van der Waals surface area contributed by atoms with Gasteiger partial charge in [-0.15, -0.1) is 0 Å². The van der Waals surface area contributed by atoms with Gasteiger partial charge in [0.25, 0.3) is 0 Å². The Bertz CT molecular complexity index is 528. The van der Waals surface area contributed by atoms with Crippen molar-refractivity contribution in [2.24, 2.45) is 11.8 Å². The number of aliphatic hydroxyl groups is 2. The molecule has 0 unspecified atom stereocenters. The van der Waals surface area contributed by atoms with E-state index in [0.717, 1.165) is 0 Å². The van der Waals surface area contributed by atoms with Crippen LogP contribution in [0.2, 0.25) is 0 Å². The SMILES string of the molecule is C[C@@H]1C(=O)O[C@@H]2C3=C(C(=O)C[C@@]3(C)O)[C@@](C)(O)CC[C@@H]12. The lowest BCUT2D eigenvalue weighted by Gasteiger charge is -2.27. The average molecular weight is 280 g/mol. The summed E-state index contributed by atoms with van der Waals surface area (Å²) in [7, 11) is 0. The van der Waals surface area contributed by atoms with Gasteiger partial charge in [0, 0.05) is 23.5 Å². The summed E-state index contributed by atoms with van der Waals surface area (Å²) in [6.45, 7) is 4.97. The van der Waals surface area contributed by atoms with E-state index in [-0.39, 0.29) is 35.6 Å². The lowest BCUT2D eigenvalue weighted by molar-refractivity contribution is -0.143. The fourth-order valence-electron chi connectivity index (χ4n) is 3.96. The van der Waals surface area contributed by atoms with E-state index in [1.807, 2.05) is 0 Å². The Hall–Kier alpha value is -1.20. The normalized spacial score (nSPS) is 48.0. The summed E-state index contributed by atoms with van der Waals surface area (Å²) in [5.41, 5.74) is -1.92. The molecular weight excluding hydrogens is 260 g/mol. The summed E-state index contributed by atoms with van der Waals surface area (Å²) in [4.78, 5) is 24.0. The van der Waals surface area contributed by atoms with Crippen molar-refractivity contribution in [2.75, 3.05) is 0 Å². The first-order chi connectivity index (χ1) is 9.15. The molecule has 0 radical (unpaired) electrons. The third kappa shape index (κ3) is 1.69. The quantitative estimate of drug-likeness (QED) is 0.639. The number of ether oxygens (including phenoxy) is 1. The van der Waals surface area contributed by atoms with Crippen LogP contribution in [0.15, 0.2) is 11.1 Å². The third-order valence-electron chi connectivity index (χ3n) is 5.07. The Morgan fingerprint density at radius 1 is 1.20 bits per heavy atom. The predicted molar refractivity (Wildman–Crippen MR) is 69.7 cm³/mol. The van der Waals surface area contributed by atoms with E-state index in [0.29, 0.717) is 18.4 Å². The molecule has 0 aromatic carbocycles. The van der Waals surface area contributed by atoms with Gasteiger partial charge in [-0.1, -0.05) is 6.92 Å². The predicted octanol–water partition coefficient (Wildman–Crippen LogP) is 0.729. The first-order valence-corrected chi connectivity index (χ1v) is 7.09. The zero-order chi connectivity index (χ0) is 14.9. The maximum absolute atomic E-state index is 12.2. The molecule has 5 atom stereocenters. The first-order valence-electron chi connectivity index (χ1n) is 7.09. The molecule has 3 rings (SSSR count). The second-order valence-corrected chi connectivity index (χ2v) is 6.79. The number of esters is 1. The standard InChI is InChI=1S/C15H20O5/c1-7-8-4-5-14(2,18)10-9(16)6-15(3,19)11(10)12(8)20-13(7)17/h7-8,12,18-19H,4-6H2,1-3H3/t7-,8-,12-,14-,15+/m0/s1. The third-order valence-corrected chi connectivity index (χ3v) is 5.07. The summed E-state index contributed by atoms with van der Waals surface area (Å²) in [5, 5.41) is 21.2. The summed E-state index contributed by atoms with van der Waals surface area (Å²) in [6.07, 6.45) is 0.364. The fraction of sp³-hybridized carbons (Fsp3) is 0.733. The van der Waals surface area contributed by atoms with Crippen molar-refractivity contribution >= 4 is 11.8 Å². The summed E-state index contributed by atoms with van der Waals surface area (Å²) < 4.78 is 5.43. The van der Waals surface area contributed by atoms with Crippen molar-refractivity contribution in [1.29, 1.82) is 0 Å². The smallest absolute Gasteiger partial charge is 0.309 e. The van der Waals surface area contributed by atoms with Crippen LogP contribution in [-0.4, -0.2) is 39.3 Å². The number of carbonyl (C=O) groups is 2. The highest BCUT2D eigenvalue weighted by molar-refractivity contribution is 6.02. The maximum atomic E-state index is 12.2. The van der Waals surface area contributed by atoms with Gasteiger partial charge in [-0.05, 0) is 26.7 Å². The second kappa shape index (κ2) is 3.92. The average Bonchev–Trinajstić information content (AvgIpc) is 2.66. The molecule has 0 saturated carbocycles. The van der Waals surface area contributed by atoms with Crippen LogP contribution < -0.4 is 0 Å². The molecule has 0 aromatic heterocycles. The van der Waals surface area contributed by atoms with Crippen molar-refractivity contribution < 1.29 is 24.5 Å². The van der Waals surface area contributed by atoms with Crippen molar-refractivity contribution in [2.45, 2.75) is 57.3 Å². The van der Waals surface area contributed by atoms with Gasteiger partial charge in [0.15, 0.2) is 5.78 Å². The zero-order valence-electron chi connectivity index (χ0n) is 12.0. The van der Waals surface area contributed by atoms with Crippen molar-refractivity contribution in [1.82, 2.24) is 0 Å². The number of ketones is 1. The Morgan fingerprint density at radius 2 is 1.85 bits per heavy atom. The second-order valence-electron chi connectivity index (χ2n) is 6.79. The summed E-state index contributed by atoms with van der Waals surface area (Å²) >= 11 is 0. The lowest BCUT2D eigenvalue weighted by Crippen LogP contribution is -2.34. The van der Waals surface area contributed by atoms with Gasteiger partial charge in [-0.25, -0.2) is 0 Å². The van der Waals surface area contributed by atoms with E-state index in [4.69, 9.17) is 4.74 Å². The van der Waals surface area contributed by atoms with Gasteiger partial charge in [0.1, 0.15) is 6.10 Å². The molecule has 5 heteroatoms. The first kappa shape index (κ1) is 13.8. The van der Waals surface area contributed by atoms with Crippen LogP contribution in [0.3, 0.4) is 0 Å². The van der Waals surface area contributed by atoms with Gasteiger partial charge < -0.3 is 14.9 Å². The minimum atomic E-state index is -1.34. The molecule has 5 nitrogen and oxygen atoms in total. The highest BCUT2D eigenvalue weighted by Crippen LogP contribution is 2.50. The van der Waals surface area contributed by atoms with E-state index in [2.05, 4.69) is 0 Å². The largest absolute Gasteiger partial charge is 0.457 e. The molecule has 0 amide bonds. The number of rotatable bonds is 0. The Morgan fingerprint density at radius 3 is 2.50 bits per heavy atom. The highest BCUT2D eigenvalue weighted by atomic mass is 16.6. The van der Waals surface area contributed by atoms with Gasteiger partial charge >= 0.3 is 5.97 Å². The molecule has 0 spiro atoms. The Kier molecular flexibility index (Phi) is 2.70. The van der Waals surface area contributed by atoms with Crippen molar-refractivity contribution in [3.8, 4) is 0 Å². The molecule has 110 valence electrons. The van der Waals surface area contributed by atoms with Gasteiger partial charge in [0.2, 0.25) is 0 Å².